The first-order valence-electron chi connectivity index (χ1n) is 13.4. The van der Waals surface area contributed by atoms with Gasteiger partial charge in [-0.05, 0) is 39.3 Å². The van der Waals surface area contributed by atoms with Crippen molar-refractivity contribution >= 4 is 23.3 Å². The van der Waals surface area contributed by atoms with Gasteiger partial charge in [-0.2, -0.15) is 13.2 Å². The van der Waals surface area contributed by atoms with E-state index in [4.69, 9.17) is 9.47 Å². The smallest absolute Gasteiger partial charge is 0.471 e. The summed E-state index contributed by atoms with van der Waals surface area (Å²) in [5, 5.41) is 34.8. The van der Waals surface area contributed by atoms with Crippen LogP contribution in [0.2, 0.25) is 0 Å². The maximum Gasteiger partial charge on any atom is 0.471 e. The number of benzene rings is 1. The summed E-state index contributed by atoms with van der Waals surface area (Å²) in [4.78, 5) is 59.5. The predicted molar refractivity (Wildman–Crippen MR) is 137 cm³/mol. The second-order valence-corrected chi connectivity index (χ2v) is 11.1. The van der Waals surface area contributed by atoms with Gasteiger partial charge in [0.2, 0.25) is 11.6 Å². The average molecular weight is 608 g/mol. The third-order valence-electron chi connectivity index (χ3n) is 8.21. The van der Waals surface area contributed by atoms with Gasteiger partial charge in [0.05, 0.1) is 35.2 Å². The summed E-state index contributed by atoms with van der Waals surface area (Å²) in [6.45, 7) is 5.68. The van der Waals surface area contributed by atoms with Crippen molar-refractivity contribution in [1.82, 2.24) is 15.3 Å². The third-order valence-corrected chi connectivity index (χ3v) is 8.21. The van der Waals surface area contributed by atoms with Crippen LogP contribution in [0.15, 0.2) is 6.07 Å². The molecule has 12 nitrogen and oxygen atoms in total. The van der Waals surface area contributed by atoms with Crippen LogP contribution in [0.5, 0.6) is 5.75 Å². The number of phenols is 1. The number of aliphatic hydroxyl groups excluding tert-OH is 1. The molecule has 6 atom stereocenters. The molecule has 0 unspecified atom stereocenters. The quantitative estimate of drug-likeness (QED) is 0.336. The topological polar surface area (TPSA) is 185 Å². The first-order valence-corrected chi connectivity index (χ1v) is 13.4. The summed E-state index contributed by atoms with van der Waals surface area (Å²) >= 11 is 0. The highest BCUT2D eigenvalue weighted by Gasteiger charge is 2.49. The van der Waals surface area contributed by atoms with Gasteiger partial charge in [-0.3, -0.25) is 19.2 Å². The molecule has 2 aliphatic carbocycles. The van der Waals surface area contributed by atoms with E-state index < -0.39 is 84.3 Å². The van der Waals surface area contributed by atoms with Crippen molar-refractivity contribution in [3.63, 3.8) is 0 Å². The minimum Gasteiger partial charge on any atom is -0.507 e. The first kappa shape index (κ1) is 30.7. The Bertz CT molecular complexity index is 1580. The number of hydrogen-bond acceptors (Lipinski definition) is 11. The SMILES string of the molecule is CC(=O)[C@]1(O)Cc2cc3c(c(O)c2[C@@H](O[C@H]2C[C@H](NC(=O)C(F)(F)F)[C@H](O)[C@H](C)O2)C1)C(=O)c1nc(C)c(C)nc1C3=O. The van der Waals surface area contributed by atoms with Crippen molar-refractivity contribution in [2.75, 3.05) is 0 Å². The van der Waals surface area contributed by atoms with Gasteiger partial charge in [0, 0.05) is 30.4 Å². The van der Waals surface area contributed by atoms with Crippen LogP contribution in [-0.2, 0) is 25.5 Å². The molecule has 3 aliphatic rings. The molecular weight excluding hydrogens is 579 g/mol. The van der Waals surface area contributed by atoms with E-state index in [0.717, 1.165) is 6.92 Å². The fourth-order valence-corrected chi connectivity index (χ4v) is 5.71. The number of aryl methyl sites for hydroxylation is 2. The number of ketones is 3. The van der Waals surface area contributed by atoms with Crippen molar-refractivity contribution in [3.05, 3.63) is 51.1 Å². The van der Waals surface area contributed by atoms with E-state index in [9.17, 15) is 47.7 Å². The molecule has 0 spiro atoms. The van der Waals surface area contributed by atoms with E-state index >= 15 is 0 Å². The summed E-state index contributed by atoms with van der Waals surface area (Å²) < 4.78 is 50.3. The molecule has 15 heteroatoms. The number of amides is 1. The molecular formula is C28H28F3N3O9. The van der Waals surface area contributed by atoms with E-state index in [-0.39, 0.29) is 40.1 Å². The molecule has 1 aromatic heterocycles. The number of alkyl halides is 3. The van der Waals surface area contributed by atoms with Gasteiger partial charge < -0.3 is 30.1 Å². The average Bonchev–Trinajstić information content (AvgIpc) is 2.90. The van der Waals surface area contributed by atoms with Crippen LogP contribution >= 0.6 is 0 Å². The Morgan fingerprint density at radius 1 is 1.14 bits per heavy atom. The van der Waals surface area contributed by atoms with E-state index in [2.05, 4.69) is 9.97 Å². The second-order valence-electron chi connectivity index (χ2n) is 11.1. The van der Waals surface area contributed by atoms with Gasteiger partial charge in [0.1, 0.15) is 28.8 Å². The maximum absolute atomic E-state index is 13.5. The first-order chi connectivity index (χ1) is 19.9. The molecule has 1 aromatic carbocycles. The molecule has 5 rings (SSSR count). The lowest BCUT2D eigenvalue weighted by Crippen LogP contribution is -2.57. The molecule has 1 amide bonds. The summed E-state index contributed by atoms with van der Waals surface area (Å²) in [6.07, 6.45) is -11.9. The third kappa shape index (κ3) is 5.19. The van der Waals surface area contributed by atoms with Crippen LogP contribution in [0.1, 0.15) is 87.4 Å². The number of carbonyl (C=O) groups is 4. The Hall–Kier alpha value is -3.79. The summed E-state index contributed by atoms with van der Waals surface area (Å²) in [5.41, 5.74) is -2.21. The van der Waals surface area contributed by atoms with Gasteiger partial charge in [-0.15, -0.1) is 0 Å². The Labute approximate surface area is 242 Å². The van der Waals surface area contributed by atoms with E-state index in [1.165, 1.54) is 13.0 Å². The van der Waals surface area contributed by atoms with Crippen LogP contribution < -0.4 is 5.32 Å². The van der Waals surface area contributed by atoms with Gasteiger partial charge in [-0.1, -0.05) is 0 Å². The van der Waals surface area contributed by atoms with E-state index in [1.807, 2.05) is 0 Å². The van der Waals surface area contributed by atoms with Gasteiger partial charge in [0.15, 0.2) is 12.1 Å². The van der Waals surface area contributed by atoms with Crippen LogP contribution in [0.3, 0.4) is 0 Å². The fourth-order valence-electron chi connectivity index (χ4n) is 5.71. The minimum atomic E-state index is -5.22. The number of halogens is 3. The molecule has 0 radical (unpaired) electrons. The van der Waals surface area contributed by atoms with Gasteiger partial charge >= 0.3 is 12.1 Å². The molecule has 2 aromatic rings. The lowest BCUT2D eigenvalue weighted by molar-refractivity contribution is -0.250. The van der Waals surface area contributed by atoms with Crippen molar-refractivity contribution in [2.24, 2.45) is 0 Å². The zero-order chi connectivity index (χ0) is 31.8. The number of rotatable bonds is 4. The number of nitrogens with one attached hydrogen (secondary N) is 1. The Kier molecular flexibility index (Phi) is 7.44. The molecule has 4 N–H and O–H groups in total. The lowest BCUT2D eigenvalue weighted by atomic mass is 9.73. The van der Waals surface area contributed by atoms with E-state index in [1.54, 1.807) is 19.2 Å². The maximum atomic E-state index is 13.5. The Morgan fingerprint density at radius 2 is 1.74 bits per heavy atom. The van der Waals surface area contributed by atoms with Crippen LogP contribution in [-0.4, -0.2) is 84.9 Å². The number of aliphatic hydroxyl groups is 2. The number of aromatic nitrogens is 2. The predicted octanol–water partition coefficient (Wildman–Crippen LogP) is 1.44. The monoisotopic (exact) mass is 607 g/mol. The Balaban J connectivity index is 1.56. The number of ether oxygens (including phenoxy) is 2. The number of fused-ring (bicyclic) bond motifs is 3. The molecule has 230 valence electrons. The standard InChI is InChI=1S/C28H28F3N3O9/c1-9-10(2)33-21-20(32-9)23(37)14-5-13-7-27(41,12(4)35)8-16(18(13)24(38)19(14)25(21)39)43-17-6-15(22(36)11(3)42-17)34-26(40)28(29,30)31/h5,11,15-17,22,36,38,41H,6-8H2,1-4H3,(H,34,40)/t11-,15-,16-,17-,22+,27-/m0/s1. The van der Waals surface area contributed by atoms with Crippen LogP contribution in [0, 0.1) is 13.8 Å². The molecule has 1 aliphatic heterocycles. The van der Waals surface area contributed by atoms with Crippen molar-refractivity contribution in [3.8, 4) is 5.75 Å². The highest BCUT2D eigenvalue weighted by molar-refractivity contribution is 6.28. The van der Waals surface area contributed by atoms with E-state index in [0.29, 0.717) is 11.4 Å². The lowest BCUT2D eigenvalue weighted by Gasteiger charge is -2.42. The molecule has 0 saturated carbocycles. The zero-order valence-electron chi connectivity index (χ0n) is 23.4. The molecule has 0 bridgehead atoms. The molecule has 2 heterocycles. The highest BCUT2D eigenvalue weighted by Crippen LogP contribution is 2.48. The Morgan fingerprint density at radius 3 is 2.33 bits per heavy atom. The number of carbonyl (C=O) groups excluding carboxylic acids is 4. The summed E-state index contributed by atoms with van der Waals surface area (Å²) in [7, 11) is 0. The van der Waals surface area contributed by atoms with Crippen LogP contribution in [0.25, 0.3) is 0 Å². The fraction of sp³-hybridized carbons (Fsp3) is 0.500. The molecule has 43 heavy (non-hydrogen) atoms. The largest absolute Gasteiger partial charge is 0.507 e. The number of phenolic OH excluding ortho intramolecular Hbond substituents is 1. The van der Waals surface area contributed by atoms with Gasteiger partial charge in [-0.25, -0.2) is 9.97 Å². The minimum absolute atomic E-state index is 0.0377. The summed E-state index contributed by atoms with van der Waals surface area (Å²) in [5.74, 6) is -5.09. The van der Waals surface area contributed by atoms with Crippen molar-refractivity contribution in [2.45, 2.75) is 89.4 Å². The molecule has 1 saturated heterocycles. The van der Waals surface area contributed by atoms with Gasteiger partial charge in [0.25, 0.3) is 0 Å². The second kappa shape index (κ2) is 10.4. The number of Topliss-reactive ketones (excluding diaryl/α,β-unsaturated/α-hetero) is 1. The highest BCUT2D eigenvalue weighted by atomic mass is 19.4. The van der Waals surface area contributed by atoms with Crippen molar-refractivity contribution < 1.29 is 57.1 Å². The van der Waals surface area contributed by atoms with Crippen molar-refractivity contribution in [1.29, 1.82) is 0 Å². The number of nitrogens with zero attached hydrogens (tertiary/aromatic N) is 2. The number of hydrogen-bond donors (Lipinski definition) is 4. The number of aromatic hydroxyl groups is 1. The normalized spacial score (nSPS) is 28.5. The van der Waals surface area contributed by atoms with Crippen LogP contribution in [0.4, 0.5) is 13.2 Å². The summed E-state index contributed by atoms with van der Waals surface area (Å²) in [6, 6.07) is -0.176. The zero-order valence-corrected chi connectivity index (χ0v) is 23.4. The molecule has 1 fully saturated rings.